The Morgan fingerprint density at radius 1 is 1.00 bits per heavy atom. The zero-order chi connectivity index (χ0) is 15.5. The molecule has 0 bridgehead atoms. The zero-order valence-electron chi connectivity index (χ0n) is 13.1. The second-order valence-corrected chi connectivity index (χ2v) is 7.16. The van der Waals surface area contributed by atoms with Crippen molar-refractivity contribution in [3.8, 4) is 0 Å². The predicted molar refractivity (Wildman–Crippen MR) is 83.7 cm³/mol. The van der Waals surface area contributed by atoms with E-state index in [1.807, 2.05) is 19.9 Å². The van der Waals surface area contributed by atoms with Crippen LogP contribution in [0.25, 0.3) is 5.76 Å². The first-order valence-electron chi connectivity index (χ1n) is 8.14. The van der Waals surface area contributed by atoms with E-state index >= 15 is 0 Å². The maximum absolute atomic E-state index is 12.7. The Morgan fingerprint density at radius 3 is 2.59 bits per heavy atom. The highest BCUT2D eigenvalue weighted by molar-refractivity contribution is 6.52. The number of carbonyl (C=O) groups excluding carboxylic acids is 2. The van der Waals surface area contributed by atoms with E-state index in [2.05, 4.69) is 6.07 Å². The van der Waals surface area contributed by atoms with Crippen LogP contribution in [0.1, 0.15) is 66.6 Å². The lowest BCUT2D eigenvalue weighted by molar-refractivity contribution is -0.112. The smallest absolute Gasteiger partial charge is 0.234 e. The fourth-order valence-corrected chi connectivity index (χ4v) is 3.89. The first-order chi connectivity index (χ1) is 10.5. The lowest BCUT2D eigenvalue weighted by atomic mass is 9.77. The maximum atomic E-state index is 12.7. The molecule has 3 aliphatic rings. The van der Waals surface area contributed by atoms with Gasteiger partial charge in [0, 0.05) is 16.7 Å². The van der Waals surface area contributed by atoms with Crippen LogP contribution >= 0.6 is 0 Å². The fourth-order valence-electron chi connectivity index (χ4n) is 3.89. The Hall–Kier alpha value is -1.90. The summed E-state index contributed by atoms with van der Waals surface area (Å²) in [5.74, 6) is -0.0167. The van der Waals surface area contributed by atoms with Gasteiger partial charge in [0.2, 0.25) is 11.6 Å². The van der Waals surface area contributed by atoms with Gasteiger partial charge in [-0.2, -0.15) is 0 Å². The van der Waals surface area contributed by atoms with Crippen molar-refractivity contribution in [3.05, 3.63) is 40.0 Å². The van der Waals surface area contributed by atoms with Gasteiger partial charge in [0.25, 0.3) is 0 Å². The number of benzene rings is 1. The van der Waals surface area contributed by atoms with Crippen LogP contribution in [-0.2, 0) is 22.4 Å². The number of allylic oxidation sites excluding steroid dienone is 1. The minimum absolute atomic E-state index is 0.285. The van der Waals surface area contributed by atoms with E-state index in [4.69, 9.17) is 4.74 Å². The Labute approximate surface area is 130 Å². The van der Waals surface area contributed by atoms with Crippen molar-refractivity contribution in [2.45, 2.75) is 58.0 Å². The highest BCUT2D eigenvalue weighted by Crippen LogP contribution is 2.43. The van der Waals surface area contributed by atoms with Crippen molar-refractivity contribution >= 4 is 17.3 Å². The van der Waals surface area contributed by atoms with Gasteiger partial charge in [-0.05, 0) is 63.5 Å². The lowest BCUT2D eigenvalue weighted by Gasteiger charge is -2.37. The van der Waals surface area contributed by atoms with E-state index in [0.29, 0.717) is 23.3 Å². The summed E-state index contributed by atoms with van der Waals surface area (Å²) < 4.78 is 6.12. The van der Waals surface area contributed by atoms with Crippen LogP contribution in [0.5, 0.6) is 0 Å². The summed E-state index contributed by atoms with van der Waals surface area (Å²) in [7, 11) is 0. The molecule has 0 spiro atoms. The van der Waals surface area contributed by atoms with Gasteiger partial charge in [-0.25, -0.2) is 0 Å². The highest BCUT2D eigenvalue weighted by atomic mass is 16.5. The molecule has 3 nitrogen and oxygen atoms in total. The number of Topliss-reactive ketones (excluding diaryl/α,β-unsaturated/α-hetero) is 2. The molecule has 1 aliphatic heterocycles. The summed E-state index contributed by atoms with van der Waals surface area (Å²) in [5, 5.41) is 0. The molecule has 1 aromatic carbocycles. The van der Waals surface area contributed by atoms with Gasteiger partial charge in [0.15, 0.2) is 0 Å². The first kappa shape index (κ1) is 13.7. The monoisotopic (exact) mass is 296 g/mol. The lowest BCUT2D eigenvalue weighted by Crippen LogP contribution is -2.35. The molecule has 0 atom stereocenters. The van der Waals surface area contributed by atoms with E-state index in [0.717, 1.165) is 43.2 Å². The molecule has 0 N–H and O–H groups in total. The number of ketones is 2. The van der Waals surface area contributed by atoms with Gasteiger partial charge < -0.3 is 4.74 Å². The molecule has 0 unspecified atom stereocenters. The number of fused-ring (bicyclic) bond motifs is 4. The van der Waals surface area contributed by atoms with Crippen LogP contribution in [-0.4, -0.2) is 17.2 Å². The van der Waals surface area contributed by atoms with Crippen LogP contribution in [0, 0.1) is 0 Å². The molecule has 0 radical (unpaired) electrons. The molecule has 1 heterocycles. The van der Waals surface area contributed by atoms with Crippen molar-refractivity contribution < 1.29 is 14.3 Å². The predicted octanol–water partition coefficient (Wildman–Crippen LogP) is 3.63. The summed E-state index contributed by atoms with van der Waals surface area (Å²) in [4.78, 5) is 25.2. The normalized spacial score (nSPS) is 22.6. The number of hydrogen-bond acceptors (Lipinski definition) is 3. The highest BCUT2D eigenvalue weighted by Gasteiger charge is 2.41. The molecule has 0 aromatic heterocycles. The molecular formula is C19H20O3. The molecule has 0 fully saturated rings. The number of hydrogen-bond donors (Lipinski definition) is 0. The third kappa shape index (κ3) is 1.88. The molecule has 0 saturated carbocycles. The molecule has 4 rings (SSSR count). The Kier molecular flexibility index (Phi) is 2.84. The molecule has 0 amide bonds. The SMILES string of the molecule is CC1(C)CCC2=C(O1)c1ccc3c(c1C(=O)C2=O)CCCC3. The van der Waals surface area contributed by atoms with Gasteiger partial charge in [0.1, 0.15) is 11.4 Å². The zero-order valence-corrected chi connectivity index (χ0v) is 13.1. The van der Waals surface area contributed by atoms with Crippen LogP contribution in [0.4, 0.5) is 0 Å². The van der Waals surface area contributed by atoms with Crippen LogP contribution < -0.4 is 0 Å². The Morgan fingerprint density at radius 2 is 1.77 bits per heavy atom. The average molecular weight is 296 g/mol. The van der Waals surface area contributed by atoms with Gasteiger partial charge in [-0.1, -0.05) is 12.1 Å². The number of ether oxygens (including phenoxy) is 1. The van der Waals surface area contributed by atoms with E-state index < -0.39 is 0 Å². The summed E-state index contributed by atoms with van der Waals surface area (Å²) in [6, 6.07) is 4.10. The van der Waals surface area contributed by atoms with E-state index in [1.54, 1.807) is 0 Å². The minimum Gasteiger partial charge on any atom is -0.487 e. The fraction of sp³-hybridized carbons (Fsp3) is 0.474. The molecule has 1 aromatic rings. The largest absolute Gasteiger partial charge is 0.487 e. The Bertz CT molecular complexity index is 737. The second-order valence-electron chi connectivity index (χ2n) is 7.16. The summed E-state index contributed by atoms with van der Waals surface area (Å²) in [6.45, 7) is 4.07. The molecule has 114 valence electrons. The van der Waals surface area contributed by atoms with Crippen molar-refractivity contribution in [2.75, 3.05) is 0 Å². The standard InChI is InChI=1S/C19H20O3/c1-19(2)10-9-14-16(20)17(21)15-12-6-4-3-5-11(12)7-8-13(15)18(14)22-19/h7-8H,3-6,9-10H2,1-2H3. The topological polar surface area (TPSA) is 43.4 Å². The third-order valence-corrected chi connectivity index (χ3v) is 5.11. The molecule has 0 saturated heterocycles. The van der Waals surface area contributed by atoms with Crippen molar-refractivity contribution in [1.29, 1.82) is 0 Å². The number of rotatable bonds is 0. The summed E-state index contributed by atoms with van der Waals surface area (Å²) in [6.07, 6.45) is 5.54. The summed E-state index contributed by atoms with van der Waals surface area (Å²) in [5.41, 5.74) is 4.07. The molecule has 22 heavy (non-hydrogen) atoms. The van der Waals surface area contributed by atoms with Crippen LogP contribution in [0.15, 0.2) is 17.7 Å². The minimum atomic E-state index is -0.350. The van der Waals surface area contributed by atoms with Gasteiger partial charge in [-0.3, -0.25) is 9.59 Å². The van der Waals surface area contributed by atoms with Crippen molar-refractivity contribution in [1.82, 2.24) is 0 Å². The molecule has 2 aliphatic carbocycles. The number of carbonyl (C=O) groups is 2. The van der Waals surface area contributed by atoms with Crippen LogP contribution in [0.2, 0.25) is 0 Å². The van der Waals surface area contributed by atoms with E-state index in [-0.39, 0.29) is 17.2 Å². The Balaban J connectivity index is 1.96. The van der Waals surface area contributed by atoms with Crippen LogP contribution in [0.3, 0.4) is 0 Å². The third-order valence-electron chi connectivity index (χ3n) is 5.11. The quantitative estimate of drug-likeness (QED) is 0.687. The number of aryl methyl sites for hydroxylation is 1. The van der Waals surface area contributed by atoms with Gasteiger partial charge >= 0.3 is 0 Å². The average Bonchev–Trinajstić information content (AvgIpc) is 2.50. The van der Waals surface area contributed by atoms with Crippen molar-refractivity contribution in [2.24, 2.45) is 0 Å². The van der Waals surface area contributed by atoms with Crippen molar-refractivity contribution in [3.63, 3.8) is 0 Å². The van der Waals surface area contributed by atoms with E-state index in [9.17, 15) is 9.59 Å². The molecule has 3 heteroatoms. The summed E-state index contributed by atoms with van der Waals surface area (Å²) >= 11 is 0. The van der Waals surface area contributed by atoms with E-state index in [1.165, 1.54) is 5.56 Å². The van der Waals surface area contributed by atoms with Gasteiger partial charge in [-0.15, -0.1) is 0 Å². The first-order valence-corrected chi connectivity index (χ1v) is 8.14. The van der Waals surface area contributed by atoms with Gasteiger partial charge in [0.05, 0.1) is 0 Å². The maximum Gasteiger partial charge on any atom is 0.234 e. The second kappa shape index (κ2) is 4.55. The molecular weight excluding hydrogens is 276 g/mol.